The highest BCUT2D eigenvalue weighted by Crippen LogP contribution is 2.24. The molecule has 0 radical (unpaired) electrons. The molecule has 4 nitrogen and oxygen atoms in total. The first-order chi connectivity index (χ1) is 7.33. The molecule has 15 heavy (non-hydrogen) atoms. The van der Waals surface area contributed by atoms with Crippen molar-refractivity contribution in [1.29, 1.82) is 0 Å². The third-order valence-electron chi connectivity index (χ3n) is 2.18. The topological polar surface area (TPSA) is 60.2 Å². The molecule has 0 aliphatic heterocycles. The minimum Gasteiger partial charge on any atom is -0.495 e. The van der Waals surface area contributed by atoms with Gasteiger partial charge in [0.15, 0.2) is 0 Å². The second-order valence-corrected chi connectivity index (χ2v) is 3.52. The predicted octanol–water partition coefficient (Wildman–Crippen LogP) is 1.61. The number of nitrogens with two attached hydrogens (primary N) is 1. The Morgan fingerprint density at radius 1 is 1.67 bits per heavy atom. The second kappa shape index (κ2) is 6.61. The Morgan fingerprint density at radius 2 is 2.47 bits per heavy atom. The third kappa shape index (κ3) is 3.34. The maximum atomic E-state index is 5.64. The first-order valence-electron chi connectivity index (χ1n) is 4.84. The summed E-state index contributed by atoms with van der Waals surface area (Å²) >= 11 is 5.64. The number of nitrogens with one attached hydrogen (secondary N) is 1. The summed E-state index contributed by atoms with van der Waals surface area (Å²) in [6.45, 7) is 0. The van der Waals surface area contributed by atoms with Crippen LogP contribution in [0.15, 0.2) is 18.3 Å². The van der Waals surface area contributed by atoms with Crippen molar-refractivity contribution in [2.24, 2.45) is 5.84 Å². The van der Waals surface area contributed by atoms with Gasteiger partial charge in [0.2, 0.25) is 0 Å². The zero-order valence-corrected chi connectivity index (χ0v) is 9.50. The summed E-state index contributed by atoms with van der Waals surface area (Å²) in [5.41, 5.74) is 3.55. The fourth-order valence-corrected chi connectivity index (χ4v) is 1.57. The zero-order chi connectivity index (χ0) is 11.1. The molecule has 3 N–H and O–H groups in total. The minimum atomic E-state index is -0.0140. The molecule has 84 valence electrons. The number of ether oxygens (including phenoxy) is 1. The SMILES string of the molecule is COc1cccnc1C(CCCCl)NN. The van der Waals surface area contributed by atoms with Gasteiger partial charge in [0.1, 0.15) is 11.4 Å². The molecule has 0 saturated heterocycles. The van der Waals surface area contributed by atoms with Crippen molar-refractivity contribution < 1.29 is 4.74 Å². The van der Waals surface area contributed by atoms with E-state index in [2.05, 4.69) is 10.4 Å². The van der Waals surface area contributed by atoms with Crippen LogP contribution in [-0.4, -0.2) is 18.0 Å². The highest BCUT2D eigenvalue weighted by Gasteiger charge is 2.15. The number of hydrazine groups is 1. The van der Waals surface area contributed by atoms with E-state index in [0.29, 0.717) is 5.88 Å². The van der Waals surface area contributed by atoms with E-state index in [1.54, 1.807) is 13.3 Å². The van der Waals surface area contributed by atoms with E-state index in [1.807, 2.05) is 12.1 Å². The molecule has 1 aromatic rings. The molecule has 0 fully saturated rings. The van der Waals surface area contributed by atoms with Gasteiger partial charge in [-0.25, -0.2) is 0 Å². The van der Waals surface area contributed by atoms with Gasteiger partial charge in [-0.15, -0.1) is 11.6 Å². The van der Waals surface area contributed by atoms with Crippen LogP contribution in [0.1, 0.15) is 24.6 Å². The number of pyridine rings is 1. The molecule has 1 unspecified atom stereocenters. The van der Waals surface area contributed by atoms with E-state index in [-0.39, 0.29) is 6.04 Å². The summed E-state index contributed by atoms with van der Waals surface area (Å²) in [5.74, 6) is 6.84. The Balaban J connectivity index is 2.80. The second-order valence-electron chi connectivity index (χ2n) is 3.14. The molecule has 0 amide bonds. The summed E-state index contributed by atoms with van der Waals surface area (Å²) in [6.07, 6.45) is 3.45. The van der Waals surface area contributed by atoms with Crippen LogP contribution < -0.4 is 16.0 Å². The van der Waals surface area contributed by atoms with Crippen LogP contribution in [-0.2, 0) is 0 Å². The first-order valence-corrected chi connectivity index (χ1v) is 5.38. The van der Waals surface area contributed by atoms with E-state index >= 15 is 0 Å². The van der Waals surface area contributed by atoms with E-state index in [4.69, 9.17) is 22.2 Å². The molecular formula is C10H16ClN3O. The lowest BCUT2D eigenvalue weighted by molar-refractivity contribution is 0.390. The third-order valence-corrected chi connectivity index (χ3v) is 2.44. The number of hydrogen-bond donors (Lipinski definition) is 2. The molecule has 0 aliphatic rings. The smallest absolute Gasteiger partial charge is 0.142 e. The molecule has 0 saturated carbocycles. The van der Waals surface area contributed by atoms with Crippen molar-refractivity contribution in [2.75, 3.05) is 13.0 Å². The van der Waals surface area contributed by atoms with Gasteiger partial charge in [-0.3, -0.25) is 16.3 Å². The van der Waals surface area contributed by atoms with Crippen molar-refractivity contribution in [1.82, 2.24) is 10.4 Å². The van der Waals surface area contributed by atoms with Crippen LogP contribution in [0.25, 0.3) is 0 Å². The number of nitrogens with zero attached hydrogens (tertiary/aromatic N) is 1. The largest absolute Gasteiger partial charge is 0.495 e. The fourth-order valence-electron chi connectivity index (χ4n) is 1.42. The van der Waals surface area contributed by atoms with Gasteiger partial charge in [-0.05, 0) is 25.0 Å². The Morgan fingerprint density at radius 3 is 3.07 bits per heavy atom. The predicted molar refractivity (Wildman–Crippen MR) is 60.8 cm³/mol. The number of rotatable bonds is 6. The average Bonchev–Trinajstić information content (AvgIpc) is 2.30. The van der Waals surface area contributed by atoms with E-state index in [1.165, 1.54) is 0 Å². The van der Waals surface area contributed by atoms with Crippen molar-refractivity contribution in [2.45, 2.75) is 18.9 Å². The monoisotopic (exact) mass is 229 g/mol. The van der Waals surface area contributed by atoms with Gasteiger partial charge in [0.25, 0.3) is 0 Å². The molecule has 0 aromatic carbocycles. The molecule has 0 aliphatic carbocycles. The summed E-state index contributed by atoms with van der Waals surface area (Å²) in [5, 5.41) is 0. The van der Waals surface area contributed by atoms with Crippen LogP contribution in [0.2, 0.25) is 0 Å². The van der Waals surface area contributed by atoms with Crippen molar-refractivity contribution in [3.8, 4) is 5.75 Å². The van der Waals surface area contributed by atoms with Gasteiger partial charge in [0.05, 0.1) is 13.2 Å². The lowest BCUT2D eigenvalue weighted by Crippen LogP contribution is -2.29. The Kier molecular flexibility index (Phi) is 5.39. The Labute approximate surface area is 94.8 Å². The highest BCUT2D eigenvalue weighted by molar-refractivity contribution is 6.17. The van der Waals surface area contributed by atoms with Crippen LogP contribution in [0, 0.1) is 0 Å². The standard InChI is InChI=1S/C10H16ClN3O/c1-15-9-5-3-7-13-10(9)8(14-12)4-2-6-11/h3,5,7-8,14H,2,4,6,12H2,1H3. The summed E-state index contributed by atoms with van der Waals surface area (Å²) in [6, 6.07) is 3.69. The normalized spacial score (nSPS) is 12.5. The van der Waals surface area contributed by atoms with Gasteiger partial charge in [-0.1, -0.05) is 0 Å². The number of hydrogen-bond acceptors (Lipinski definition) is 4. The maximum absolute atomic E-state index is 5.64. The van der Waals surface area contributed by atoms with Crippen molar-refractivity contribution >= 4 is 11.6 Å². The zero-order valence-electron chi connectivity index (χ0n) is 8.74. The summed E-state index contributed by atoms with van der Waals surface area (Å²) in [7, 11) is 1.62. The molecule has 1 atom stereocenters. The lowest BCUT2D eigenvalue weighted by Gasteiger charge is -2.17. The minimum absolute atomic E-state index is 0.0140. The molecular weight excluding hydrogens is 214 g/mol. The Bertz CT molecular complexity index is 296. The molecule has 5 heteroatoms. The molecule has 1 aromatic heterocycles. The molecule has 0 spiro atoms. The number of alkyl halides is 1. The van der Waals surface area contributed by atoms with Gasteiger partial charge in [0, 0.05) is 12.1 Å². The summed E-state index contributed by atoms with van der Waals surface area (Å²) < 4.78 is 5.22. The van der Waals surface area contributed by atoms with E-state index < -0.39 is 0 Å². The highest BCUT2D eigenvalue weighted by atomic mass is 35.5. The van der Waals surface area contributed by atoms with Crippen LogP contribution in [0.4, 0.5) is 0 Å². The van der Waals surface area contributed by atoms with Crippen molar-refractivity contribution in [3.05, 3.63) is 24.0 Å². The van der Waals surface area contributed by atoms with E-state index in [9.17, 15) is 0 Å². The first kappa shape index (κ1) is 12.2. The Hall–Kier alpha value is -0.840. The number of methoxy groups -OCH3 is 1. The quantitative estimate of drug-likeness (QED) is 0.442. The van der Waals surface area contributed by atoms with Gasteiger partial charge >= 0.3 is 0 Å². The maximum Gasteiger partial charge on any atom is 0.142 e. The fraction of sp³-hybridized carbons (Fsp3) is 0.500. The summed E-state index contributed by atoms with van der Waals surface area (Å²) in [4.78, 5) is 4.26. The van der Waals surface area contributed by atoms with Gasteiger partial charge in [-0.2, -0.15) is 0 Å². The molecule has 0 bridgehead atoms. The lowest BCUT2D eigenvalue weighted by atomic mass is 10.1. The van der Waals surface area contributed by atoms with Gasteiger partial charge < -0.3 is 4.74 Å². The molecule has 1 heterocycles. The number of halogens is 1. The van der Waals surface area contributed by atoms with Crippen LogP contribution in [0.5, 0.6) is 5.75 Å². The average molecular weight is 230 g/mol. The van der Waals surface area contributed by atoms with Crippen LogP contribution in [0.3, 0.4) is 0 Å². The van der Waals surface area contributed by atoms with Crippen LogP contribution >= 0.6 is 11.6 Å². The van der Waals surface area contributed by atoms with Crippen molar-refractivity contribution in [3.63, 3.8) is 0 Å². The molecule has 1 rings (SSSR count). The number of aromatic nitrogens is 1. The van der Waals surface area contributed by atoms with E-state index in [0.717, 1.165) is 24.3 Å².